The van der Waals surface area contributed by atoms with Gasteiger partial charge in [-0.1, -0.05) is 0 Å². The van der Waals surface area contributed by atoms with E-state index in [9.17, 15) is 9.59 Å². The fourth-order valence-electron chi connectivity index (χ4n) is 1.64. The molecular formula is C12H13N3O3S. The molecular weight excluding hydrogens is 266 g/mol. The zero-order chi connectivity index (χ0) is 13.7. The maximum Gasteiger partial charge on any atom is 0.326 e. The van der Waals surface area contributed by atoms with Crippen molar-refractivity contribution in [1.29, 1.82) is 0 Å². The van der Waals surface area contributed by atoms with Gasteiger partial charge in [-0.2, -0.15) is 11.3 Å². The van der Waals surface area contributed by atoms with E-state index in [-0.39, 0.29) is 18.7 Å². The first-order valence-electron chi connectivity index (χ1n) is 5.65. The molecule has 0 fully saturated rings. The van der Waals surface area contributed by atoms with Crippen LogP contribution in [0.5, 0.6) is 0 Å². The third-order valence-corrected chi connectivity index (χ3v) is 3.29. The molecule has 3 N–H and O–H groups in total. The third kappa shape index (κ3) is 3.92. The normalized spacial score (nSPS) is 12.0. The summed E-state index contributed by atoms with van der Waals surface area (Å²) in [7, 11) is 0. The minimum absolute atomic E-state index is 0.185. The van der Waals surface area contributed by atoms with Gasteiger partial charge in [0.25, 0.3) is 0 Å². The molecule has 100 valence electrons. The second kappa shape index (κ2) is 6.14. The van der Waals surface area contributed by atoms with Crippen molar-refractivity contribution in [3.63, 3.8) is 0 Å². The molecule has 0 aliphatic carbocycles. The van der Waals surface area contributed by atoms with Crippen LogP contribution < -0.4 is 5.32 Å². The lowest BCUT2D eigenvalue weighted by molar-refractivity contribution is -0.141. The van der Waals surface area contributed by atoms with Gasteiger partial charge in [0.2, 0.25) is 5.91 Å². The molecule has 7 heteroatoms. The lowest BCUT2D eigenvalue weighted by Crippen LogP contribution is -2.43. The Labute approximate surface area is 113 Å². The molecule has 2 heterocycles. The van der Waals surface area contributed by atoms with Gasteiger partial charge in [-0.15, -0.1) is 0 Å². The highest BCUT2D eigenvalue weighted by Gasteiger charge is 2.21. The summed E-state index contributed by atoms with van der Waals surface area (Å²) in [5.41, 5.74) is 1.55. The van der Waals surface area contributed by atoms with Gasteiger partial charge in [-0.3, -0.25) is 4.79 Å². The average molecular weight is 279 g/mol. The number of H-pyrrole nitrogens is 1. The van der Waals surface area contributed by atoms with Crippen LogP contribution in [-0.2, 0) is 22.4 Å². The topological polar surface area (TPSA) is 95.1 Å². The molecule has 0 saturated carbocycles. The number of carboxylic acid groups (broad SMARTS) is 1. The summed E-state index contributed by atoms with van der Waals surface area (Å²) in [6.07, 6.45) is 3.39. The Hall–Kier alpha value is -2.15. The van der Waals surface area contributed by atoms with Crippen LogP contribution in [0.1, 0.15) is 11.3 Å². The van der Waals surface area contributed by atoms with Gasteiger partial charge in [-0.05, 0) is 22.4 Å². The summed E-state index contributed by atoms with van der Waals surface area (Å²) in [5.74, 6) is -1.36. The van der Waals surface area contributed by atoms with Crippen LogP contribution in [0.4, 0.5) is 0 Å². The second-order valence-electron chi connectivity index (χ2n) is 4.05. The van der Waals surface area contributed by atoms with E-state index in [1.54, 1.807) is 6.20 Å². The van der Waals surface area contributed by atoms with Crippen molar-refractivity contribution in [2.75, 3.05) is 0 Å². The van der Waals surface area contributed by atoms with E-state index in [4.69, 9.17) is 5.11 Å². The van der Waals surface area contributed by atoms with Crippen molar-refractivity contribution in [3.05, 3.63) is 40.6 Å². The van der Waals surface area contributed by atoms with Crippen molar-refractivity contribution >= 4 is 23.2 Å². The number of amides is 1. The van der Waals surface area contributed by atoms with Crippen molar-refractivity contribution in [3.8, 4) is 0 Å². The fraction of sp³-hybridized carbons (Fsp3) is 0.250. The number of hydrogen-bond donors (Lipinski definition) is 3. The maximum atomic E-state index is 11.8. The SMILES string of the molecule is O=C(Cc1ccsc1)N[C@H](Cc1cnc[nH]1)C(=O)O. The highest BCUT2D eigenvalue weighted by molar-refractivity contribution is 7.07. The smallest absolute Gasteiger partial charge is 0.326 e. The molecule has 0 unspecified atom stereocenters. The highest BCUT2D eigenvalue weighted by atomic mass is 32.1. The van der Waals surface area contributed by atoms with Gasteiger partial charge in [0.1, 0.15) is 6.04 Å². The summed E-state index contributed by atoms with van der Waals surface area (Å²) in [5, 5.41) is 15.4. The molecule has 0 saturated heterocycles. The van der Waals surface area contributed by atoms with E-state index in [0.29, 0.717) is 5.69 Å². The van der Waals surface area contributed by atoms with E-state index in [1.807, 2.05) is 16.8 Å². The number of carbonyl (C=O) groups excluding carboxylic acids is 1. The molecule has 0 radical (unpaired) electrons. The minimum Gasteiger partial charge on any atom is -0.480 e. The first-order valence-corrected chi connectivity index (χ1v) is 6.60. The lowest BCUT2D eigenvalue weighted by atomic mass is 10.1. The van der Waals surface area contributed by atoms with Gasteiger partial charge >= 0.3 is 5.97 Å². The van der Waals surface area contributed by atoms with E-state index in [0.717, 1.165) is 5.56 Å². The maximum absolute atomic E-state index is 11.8. The zero-order valence-corrected chi connectivity index (χ0v) is 10.8. The van der Waals surface area contributed by atoms with Crippen LogP contribution in [0.2, 0.25) is 0 Å². The van der Waals surface area contributed by atoms with Crippen molar-refractivity contribution in [1.82, 2.24) is 15.3 Å². The van der Waals surface area contributed by atoms with E-state index in [1.165, 1.54) is 17.7 Å². The Morgan fingerprint density at radius 3 is 2.95 bits per heavy atom. The van der Waals surface area contributed by atoms with Crippen LogP contribution in [0.25, 0.3) is 0 Å². The molecule has 2 aromatic rings. The quantitative estimate of drug-likeness (QED) is 0.729. The highest BCUT2D eigenvalue weighted by Crippen LogP contribution is 2.07. The molecule has 1 amide bonds. The van der Waals surface area contributed by atoms with Crippen LogP contribution in [0, 0.1) is 0 Å². The van der Waals surface area contributed by atoms with E-state index in [2.05, 4.69) is 15.3 Å². The van der Waals surface area contributed by atoms with Gasteiger partial charge < -0.3 is 15.4 Å². The number of hydrogen-bond acceptors (Lipinski definition) is 4. The Morgan fingerprint density at radius 1 is 1.53 bits per heavy atom. The Kier molecular flexibility index (Phi) is 4.30. The number of nitrogens with one attached hydrogen (secondary N) is 2. The number of carboxylic acids is 1. The third-order valence-electron chi connectivity index (χ3n) is 2.56. The first kappa shape index (κ1) is 13.3. The molecule has 0 aliphatic heterocycles. The summed E-state index contributed by atoms with van der Waals surface area (Å²) in [4.78, 5) is 29.5. The zero-order valence-electron chi connectivity index (χ0n) is 10.00. The van der Waals surface area contributed by atoms with Crippen molar-refractivity contribution < 1.29 is 14.7 Å². The fourth-order valence-corrected chi connectivity index (χ4v) is 2.31. The largest absolute Gasteiger partial charge is 0.480 e. The molecule has 6 nitrogen and oxygen atoms in total. The lowest BCUT2D eigenvalue weighted by Gasteiger charge is -2.13. The molecule has 0 aliphatic rings. The number of nitrogens with zero attached hydrogens (tertiary/aromatic N) is 1. The van der Waals surface area contributed by atoms with Gasteiger partial charge in [0.05, 0.1) is 12.7 Å². The molecule has 0 spiro atoms. The van der Waals surface area contributed by atoms with Gasteiger partial charge in [0, 0.05) is 18.3 Å². The molecule has 0 aromatic carbocycles. The number of aromatic nitrogens is 2. The monoisotopic (exact) mass is 279 g/mol. The van der Waals surface area contributed by atoms with E-state index < -0.39 is 12.0 Å². The standard InChI is InChI=1S/C12H13N3O3S/c16-11(3-8-1-2-19-6-8)15-10(12(17)18)4-9-5-13-7-14-9/h1-2,5-7,10H,3-4H2,(H,13,14)(H,15,16)(H,17,18)/t10-/m1/s1. The van der Waals surface area contributed by atoms with Crippen LogP contribution in [-0.4, -0.2) is 33.0 Å². The van der Waals surface area contributed by atoms with Gasteiger partial charge in [-0.25, -0.2) is 9.78 Å². The van der Waals surface area contributed by atoms with Crippen LogP contribution in [0.15, 0.2) is 29.4 Å². The average Bonchev–Trinajstić information content (AvgIpc) is 3.00. The minimum atomic E-state index is -1.06. The van der Waals surface area contributed by atoms with Crippen LogP contribution >= 0.6 is 11.3 Å². The summed E-state index contributed by atoms with van der Waals surface area (Å²) < 4.78 is 0. The molecule has 19 heavy (non-hydrogen) atoms. The molecule has 2 rings (SSSR count). The predicted octanol–water partition coefficient (Wildman–Crippen LogP) is 0.826. The molecule has 0 bridgehead atoms. The Morgan fingerprint density at radius 2 is 2.37 bits per heavy atom. The molecule has 1 atom stereocenters. The number of aromatic amines is 1. The summed E-state index contributed by atoms with van der Waals surface area (Å²) in [6.45, 7) is 0. The summed E-state index contributed by atoms with van der Waals surface area (Å²) in [6, 6.07) is 0.890. The number of carbonyl (C=O) groups is 2. The predicted molar refractivity (Wildman–Crippen MR) is 69.9 cm³/mol. The van der Waals surface area contributed by atoms with Crippen molar-refractivity contribution in [2.24, 2.45) is 0 Å². The number of imidazole rings is 1. The van der Waals surface area contributed by atoms with Crippen molar-refractivity contribution in [2.45, 2.75) is 18.9 Å². The number of rotatable bonds is 6. The molecule has 2 aromatic heterocycles. The number of aliphatic carboxylic acids is 1. The summed E-state index contributed by atoms with van der Waals surface area (Å²) >= 11 is 1.50. The Bertz CT molecular complexity index is 537. The van der Waals surface area contributed by atoms with Crippen LogP contribution in [0.3, 0.4) is 0 Å². The second-order valence-corrected chi connectivity index (χ2v) is 4.83. The van der Waals surface area contributed by atoms with E-state index >= 15 is 0 Å². The Balaban J connectivity index is 1.93. The number of thiophene rings is 1. The first-order chi connectivity index (χ1) is 9.15. The van der Waals surface area contributed by atoms with Gasteiger partial charge in [0.15, 0.2) is 0 Å².